The monoisotopic (exact) mass is 280 g/mol. The van der Waals surface area contributed by atoms with Gasteiger partial charge in [-0.15, -0.1) is 0 Å². The molecular formula is C17H12O4. The first kappa shape index (κ1) is 13.1. The van der Waals surface area contributed by atoms with Gasteiger partial charge in [0.1, 0.15) is 12.4 Å². The molecule has 2 aromatic carbocycles. The number of carboxylic acid groups (broad SMARTS) is 1. The van der Waals surface area contributed by atoms with Crippen molar-refractivity contribution in [3.63, 3.8) is 0 Å². The Bertz CT molecular complexity index is 742. The second-order valence-corrected chi connectivity index (χ2v) is 4.71. The van der Waals surface area contributed by atoms with Gasteiger partial charge < -0.3 is 9.84 Å². The third kappa shape index (κ3) is 2.56. The highest BCUT2D eigenvalue weighted by Crippen LogP contribution is 2.27. The molecule has 1 N–H and O–H groups in total. The summed E-state index contributed by atoms with van der Waals surface area (Å²) in [6.45, 7) is 0.219. The first-order valence-electron chi connectivity index (χ1n) is 6.45. The number of Topliss-reactive ketones (excluding diaryl/α,β-unsaturated/α-hetero) is 1. The fraction of sp³-hybridized carbons (Fsp3) is 0.0588. The van der Waals surface area contributed by atoms with Crippen LogP contribution < -0.4 is 4.74 Å². The molecule has 0 aliphatic carbocycles. The first-order valence-corrected chi connectivity index (χ1v) is 6.45. The summed E-state index contributed by atoms with van der Waals surface area (Å²) in [7, 11) is 0. The van der Waals surface area contributed by atoms with Crippen molar-refractivity contribution in [2.45, 2.75) is 0 Å². The Hall–Kier alpha value is -2.88. The second-order valence-electron chi connectivity index (χ2n) is 4.71. The molecular weight excluding hydrogens is 268 g/mol. The van der Waals surface area contributed by atoms with E-state index < -0.39 is 5.97 Å². The molecule has 1 aliphatic heterocycles. The van der Waals surface area contributed by atoms with Crippen LogP contribution in [0.5, 0.6) is 5.75 Å². The van der Waals surface area contributed by atoms with Crippen LogP contribution in [0.1, 0.15) is 26.3 Å². The predicted molar refractivity (Wildman–Crippen MR) is 77.6 cm³/mol. The molecule has 2 aromatic rings. The third-order valence-electron chi connectivity index (χ3n) is 3.31. The maximum Gasteiger partial charge on any atom is 0.335 e. The highest BCUT2D eigenvalue weighted by molar-refractivity contribution is 6.14. The molecule has 4 heteroatoms. The Balaban J connectivity index is 1.91. The lowest BCUT2D eigenvalue weighted by Crippen LogP contribution is -2.18. The van der Waals surface area contributed by atoms with E-state index >= 15 is 0 Å². The van der Waals surface area contributed by atoms with E-state index in [-0.39, 0.29) is 18.0 Å². The molecule has 0 amide bonds. The topological polar surface area (TPSA) is 63.6 Å². The maximum atomic E-state index is 12.4. The van der Waals surface area contributed by atoms with Crippen molar-refractivity contribution in [3.05, 3.63) is 70.8 Å². The van der Waals surface area contributed by atoms with E-state index in [0.717, 1.165) is 5.56 Å². The van der Waals surface area contributed by atoms with Gasteiger partial charge in [-0.2, -0.15) is 0 Å². The van der Waals surface area contributed by atoms with Crippen LogP contribution in [0.3, 0.4) is 0 Å². The number of para-hydroxylation sites is 1. The molecule has 21 heavy (non-hydrogen) atoms. The number of ether oxygens (including phenoxy) is 1. The van der Waals surface area contributed by atoms with Crippen molar-refractivity contribution in [3.8, 4) is 5.75 Å². The van der Waals surface area contributed by atoms with Gasteiger partial charge in [0.25, 0.3) is 0 Å². The largest absolute Gasteiger partial charge is 0.488 e. The summed E-state index contributed by atoms with van der Waals surface area (Å²) in [5.41, 5.74) is 2.09. The van der Waals surface area contributed by atoms with Gasteiger partial charge in [-0.05, 0) is 35.9 Å². The number of ketones is 1. The zero-order valence-corrected chi connectivity index (χ0v) is 11.1. The van der Waals surface area contributed by atoms with Crippen molar-refractivity contribution in [2.75, 3.05) is 6.61 Å². The van der Waals surface area contributed by atoms with Gasteiger partial charge in [0.2, 0.25) is 0 Å². The Labute approximate surface area is 121 Å². The molecule has 4 nitrogen and oxygen atoms in total. The van der Waals surface area contributed by atoms with E-state index in [0.29, 0.717) is 16.9 Å². The lowest BCUT2D eigenvalue weighted by Gasteiger charge is -2.18. The fourth-order valence-electron chi connectivity index (χ4n) is 2.20. The summed E-state index contributed by atoms with van der Waals surface area (Å²) in [6.07, 6.45) is 1.73. The number of carbonyl (C=O) groups is 2. The molecule has 1 aliphatic rings. The summed E-state index contributed by atoms with van der Waals surface area (Å²) in [5, 5.41) is 8.86. The summed E-state index contributed by atoms with van der Waals surface area (Å²) in [5.74, 6) is -0.430. The summed E-state index contributed by atoms with van der Waals surface area (Å²) >= 11 is 0. The number of hydrogen-bond acceptors (Lipinski definition) is 3. The molecule has 0 aromatic heterocycles. The zero-order chi connectivity index (χ0) is 14.8. The number of carboxylic acids is 1. The average molecular weight is 280 g/mol. The van der Waals surface area contributed by atoms with E-state index in [2.05, 4.69) is 0 Å². The molecule has 0 unspecified atom stereocenters. The average Bonchev–Trinajstić information content (AvgIpc) is 2.51. The van der Waals surface area contributed by atoms with Crippen LogP contribution in [0.4, 0.5) is 0 Å². The molecule has 0 atom stereocenters. The van der Waals surface area contributed by atoms with Gasteiger partial charge in [0, 0.05) is 5.57 Å². The Morgan fingerprint density at radius 2 is 1.81 bits per heavy atom. The van der Waals surface area contributed by atoms with Crippen LogP contribution in [-0.4, -0.2) is 23.5 Å². The Morgan fingerprint density at radius 3 is 2.52 bits per heavy atom. The Morgan fingerprint density at radius 1 is 1.10 bits per heavy atom. The number of carbonyl (C=O) groups excluding carboxylic acids is 1. The predicted octanol–water partition coefficient (Wildman–Crippen LogP) is 3.04. The number of rotatable bonds is 2. The van der Waals surface area contributed by atoms with Gasteiger partial charge in [-0.3, -0.25) is 4.79 Å². The van der Waals surface area contributed by atoms with E-state index in [1.165, 1.54) is 12.1 Å². The van der Waals surface area contributed by atoms with Crippen molar-refractivity contribution < 1.29 is 19.4 Å². The fourth-order valence-corrected chi connectivity index (χ4v) is 2.20. The first-order chi connectivity index (χ1) is 10.1. The second kappa shape index (κ2) is 5.25. The number of hydrogen-bond donors (Lipinski definition) is 1. The molecule has 104 valence electrons. The van der Waals surface area contributed by atoms with E-state index in [1.807, 2.05) is 6.07 Å². The van der Waals surface area contributed by atoms with Crippen molar-refractivity contribution in [1.29, 1.82) is 0 Å². The SMILES string of the molecule is O=C(O)c1ccc(C=C2COc3ccccc3C2=O)cc1. The van der Waals surface area contributed by atoms with Crippen LogP contribution >= 0.6 is 0 Å². The molecule has 0 spiro atoms. The normalized spacial score (nSPS) is 15.4. The van der Waals surface area contributed by atoms with E-state index in [4.69, 9.17) is 9.84 Å². The van der Waals surface area contributed by atoms with Gasteiger partial charge >= 0.3 is 5.97 Å². The number of fused-ring (bicyclic) bond motifs is 1. The van der Waals surface area contributed by atoms with Crippen LogP contribution in [-0.2, 0) is 0 Å². The smallest absolute Gasteiger partial charge is 0.335 e. The van der Waals surface area contributed by atoms with Crippen molar-refractivity contribution >= 4 is 17.8 Å². The summed E-state index contributed by atoms with van der Waals surface area (Å²) < 4.78 is 5.56. The van der Waals surface area contributed by atoms with Crippen LogP contribution in [0.25, 0.3) is 6.08 Å². The van der Waals surface area contributed by atoms with Gasteiger partial charge in [-0.25, -0.2) is 4.79 Å². The molecule has 0 saturated carbocycles. The van der Waals surface area contributed by atoms with Crippen molar-refractivity contribution in [2.24, 2.45) is 0 Å². The lowest BCUT2D eigenvalue weighted by molar-refractivity contribution is 0.0696. The highest BCUT2D eigenvalue weighted by atomic mass is 16.5. The molecule has 1 heterocycles. The third-order valence-corrected chi connectivity index (χ3v) is 3.31. The molecule has 0 saturated heterocycles. The summed E-state index contributed by atoms with van der Waals surface area (Å²) in [6, 6.07) is 13.5. The van der Waals surface area contributed by atoms with E-state index in [1.54, 1.807) is 36.4 Å². The lowest BCUT2D eigenvalue weighted by atomic mass is 9.98. The highest BCUT2D eigenvalue weighted by Gasteiger charge is 2.22. The standard InChI is InChI=1S/C17H12O4/c18-16-13(10-21-15-4-2-1-3-14(15)16)9-11-5-7-12(8-6-11)17(19)20/h1-9H,10H2,(H,19,20). The van der Waals surface area contributed by atoms with Gasteiger partial charge in [0.15, 0.2) is 5.78 Å². The van der Waals surface area contributed by atoms with Crippen LogP contribution in [0, 0.1) is 0 Å². The number of aromatic carboxylic acids is 1. The van der Waals surface area contributed by atoms with Crippen LogP contribution in [0.2, 0.25) is 0 Å². The van der Waals surface area contributed by atoms with Crippen molar-refractivity contribution in [1.82, 2.24) is 0 Å². The van der Waals surface area contributed by atoms with E-state index in [9.17, 15) is 9.59 Å². The zero-order valence-electron chi connectivity index (χ0n) is 11.1. The molecule has 0 bridgehead atoms. The minimum Gasteiger partial charge on any atom is -0.488 e. The minimum absolute atomic E-state index is 0.0563. The van der Waals surface area contributed by atoms with Gasteiger partial charge in [0.05, 0.1) is 11.1 Å². The minimum atomic E-state index is -0.972. The summed E-state index contributed by atoms with van der Waals surface area (Å²) in [4.78, 5) is 23.2. The molecule has 0 fully saturated rings. The Kier molecular flexibility index (Phi) is 3.28. The van der Waals surface area contributed by atoms with Gasteiger partial charge in [-0.1, -0.05) is 24.3 Å². The molecule has 3 rings (SSSR count). The molecule has 0 radical (unpaired) electrons. The number of benzene rings is 2. The van der Waals surface area contributed by atoms with Crippen LogP contribution in [0.15, 0.2) is 54.1 Å². The maximum absolute atomic E-state index is 12.4. The quantitative estimate of drug-likeness (QED) is 0.859.